The van der Waals surface area contributed by atoms with Crippen LogP contribution in [-0.4, -0.2) is 48.0 Å². The molecule has 2 saturated heterocycles. The number of nitrogens with zero attached hydrogens (tertiary/aromatic N) is 3. The van der Waals surface area contributed by atoms with Crippen LogP contribution in [0.3, 0.4) is 0 Å². The van der Waals surface area contributed by atoms with Crippen molar-refractivity contribution in [1.29, 1.82) is 0 Å². The molecule has 1 amide bonds. The van der Waals surface area contributed by atoms with Gasteiger partial charge < -0.3 is 15.1 Å². The lowest BCUT2D eigenvalue weighted by Crippen LogP contribution is -2.47. The number of pyridine rings is 1. The van der Waals surface area contributed by atoms with Crippen LogP contribution in [0.5, 0.6) is 0 Å². The first-order valence-electron chi connectivity index (χ1n) is 11.5. The molecule has 1 aromatic heterocycles. The first-order chi connectivity index (χ1) is 15.3. The Morgan fingerprint density at radius 1 is 0.903 bits per heavy atom. The molecule has 5 rings (SSSR count). The van der Waals surface area contributed by atoms with Crippen LogP contribution in [0.4, 0.5) is 11.4 Å². The van der Waals surface area contributed by atoms with Gasteiger partial charge in [-0.15, -0.1) is 0 Å². The number of carbonyl (C=O) groups is 1. The summed E-state index contributed by atoms with van der Waals surface area (Å²) in [7, 11) is 0. The third-order valence-electron chi connectivity index (χ3n) is 6.71. The molecule has 0 saturated carbocycles. The van der Waals surface area contributed by atoms with E-state index in [0.29, 0.717) is 6.04 Å². The Balaban J connectivity index is 1.29. The number of hydrogen-bond acceptors (Lipinski definition) is 4. The summed E-state index contributed by atoms with van der Waals surface area (Å²) in [5.74, 6) is -0.0779. The zero-order valence-corrected chi connectivity index (χ0v) is 18.0. The third kappa shape index (κ3) is 4.42. The lowest BCUT2D eigenvalue weighted by Gasteiger charge is -2.41. The Labute approximate surface area is 184 Å². The number of para-hydroxylation sites is 2. The molecule has 3 aromatic rings. The van der Waals surface area contributed by atoms with Gasteiger partial charge >= 0.3 is 0 Å². The fourth-order valence-corrected chi connectivity index (χ4v) is 5.03. The van der Waals surface area contributed by atoms with Gasteiger partial charge in [-0.1, -0.05) is 36.8 Å². The van der Waals surface area contributed by atoms with Gasteiger partial charge in [-0.05, 0) is 63.0 Å². The lowest BCUT2D eigenvalue weighted by molar-refractivity contribution is 0.102. The number of carbonyl (C=O) groups excluding carboxylic acids is 1. The summed E-state index contributed by atoms with van der Waals surface area (Å²) >= 11 is 0. The first kappa shape index (κ1) is 20.0. The van der Waals surface area contributed by atoms with E-state index in [9.17, 15) is 4.79 Å². The highest BCUT2D eigenvalue weighted by Crippen LogP contribution is 2.28. The molecule has 0 spiro atoms. The molecule has 1 N–H and O–H groups in total. The van der Waals surface area contributed by atoms with E-state index in [0.717, 1.165) is 40.9 Å². The molecule has 3 heterocycles. The van der Waals surface area contributed by atoms with E-state index in [1.807, 2.05) is 48.5 Å². The van der Waals surface area contributed by atoms with Gasteiger partial charge in [0.1, 0.15) is 0 Å². The van der Waals surface area contributed by atoms with E-state index >= 15 is 0 Å². The van der Waals surface area contributed by atoms with Gasteiger partial charge in [-0.25, -0.2) is 0 Å². The summed E-state index contributed by atoms with van der Waals surface area (Å²) in [6, 6.07) is 18.6. The molecule has 0 bridgehead atoms. The van der Waals surface area contributed by atoms with E-state index < -0.39 is 0 Å². The Morgan fingerprint density at radius 3 is 2.48 bits per heavy atom. The zero-order chi connectivity index (χ0) is 21.0. The number of hydrogen-bond donors (Lipinski definition) is 1. The van der Waals surface area contributed by atoms with Crippen molar-refractivity contribution in [2.75, 3.05) is 36.4 Å². The van der Waals surface area contributed by atoms with Crippen LogP contribution in [0.2, 0.25) is 0 Å². The van der Waals surface area contributed by atoms with Crippen LogP contribution >= 0.6 is 0 Å². The number of amides is 1. The molecule has 0 aliphatic carbocycles. The van der Waals surface area contributed by atoms with Crippen molar-refractivity contribution >= 4 is 28.2 Å². The second-order valence-corrected chi connectivity index (χ2v) is 8.70. The Morgan fingerprint density at radius 2 is 1.65 bits per heavy atom. The van der Waals surface area contributed by atoms with E-state index in [4.69, 9.17) is 0 Å². The fourth-order valence-electron chi connectivity index (χ4n) is 5.03. The predicted molar refractivity (Wildman–Crippen MR) is 127 cm³/mol. The molecule has 2 fully saturated rings. The largest absolute Gasteiger partial charge is 0.371 e. The minimum absolute atomic E-state index is 0.0779. The minimum Gasteiger partial charge on any atom is -0.371 e. The third-order valence-corrected chi connectivity index (χ3v) is 6.71. The molecular weight excluding hydrogens is 384 g/mol. The van der Waals surface area contributed by atoms with Crippen molar-refractivity contribution in [1.82, 2.24) is 9.88 Å². The molecule has 2 aliphatic heterocycles. The molecule has 5 nitrogen and oxygen atoms in total. The molecule has 2 aromatic carbocycles. The van der Waals surface area contributed by atoms with Crippen molar-refractivity contribution in [2.45, 2.75) is 38.1 Å². The molecule has 0 unspecified atom stereocenters. The lowest BCUT2D eigenvalue weighted by atomic mass is 9.98. The highest BCUT2D eigenvalue weighted by Gasteiger charge is 2.27. The SMILES string of the molecule is O=C(Nc1cnc2ccccc2c1)c1ccccc1N1CCC(N2CCCCC2)CC1. The predicted octanol–water partition coefficient (Wildman–Crippen LogP) is 4.94. The monoisotopic (exact) mass is 414 g/mol. The van der Waals surface area contributed by atoms with Gasteiger partial charge in [0.2, 0.25) is 0 Å². The minimum atomic E-state index is -0.0779. The number of piperidine rings is 2. The molecule has 5 heteroatoms. The molecule has 0 radical (unpaired) electrons. The Hall–Kier alpha value is -2.92. The number of aromatic nitrogens is 1. The summed E-state index contributed by atoms with van der Waals surface area (Å²) in [5, 5.41) is 4.08. The number of likely N-dealkylation sites (tertiary alicyclic amines) is 1. The average Bonchev–Trinajstić information content (AvgIpc) is 2.84. The highest BCUT2D eigenvalue weighted by molar-refractivity contribution is 6.08. The smallest absolute Gasteiger partial charge is 0.257 e. The number of fused-ring (bicyclic) bond motifs is 1. The van der Waals surface area contributed by atoms with E-state index in [1.54, 1.807) is 6.20 Å². The van der Waals surface area contributed by atoms with E-state index in [1.165, 1.54) is 45.2 Å². The van der Waals surface area contributed by atoms with Gasteiger partial charge in [0.25, 0.3) is 5.91 Å². The second-order valence-electron chi connectivity index (χ2n) is 8.70. The Kier molecular flexibility index (Phi) is 5.85. The van der Waals surface area contributed by atoms with Gasteiger partial charge in [-0.3, -0.25) is 9.78 Å². The molecular formula is C26H30N4O. The standard InChI is InChI=1S/C26H30N4O/c31-26(28-21-18-20-8-2-4-10-24(20)27-19-21)23-9-3-5-11-25(23)30-16-12-22(13-17-30)29-14-6-1-7-15-29/h2-5,8-11,18-19,22H,1,6-7,12-17H2,(H,28,31). The second kappa shape index (κ2) is 9.06. The van der Waals surface area contributed by atoms with Crippen LogP contribution in [0.1, 0.15) is 42.5 Å². The summed E-state index contributed by atoms with van der Waals surface area (Å²) in [6.45, 7) is 4.51. The fraction of sp³-hybridized carbons (Fsp3) is 0.385. The summed E-state index contributed by atoms with van der Waals surface area (Å²) in [6.07, 6.45) is 8.13. The number of anilines is 2. The van der Waals surface area contributed by atoms with E-state index in [2.05, 4.69) is 26.2 Å². The van der Waals surface area contributed by atoms with E-state index in [-0.39, 0.29) is 5.91 Å². The van der Waals surface area contributed by atoms with Crippen LogP contribution in [-0.2, 0) is 0 Å². The topological polar surface area (TPSA) is 48.5 Å². The van der Waals surface area contributed by atoms with Gasteiger partial charge in [-0.2, -0.15) is 0 Å². The maximum atomic E-state index is 13.2. The highest BCUT2D eigenvalue weighted by atomic mass is 16.1. The van der Waals surface area contributed by atoms with Crippen LogP contribution < -0.4 is 10.2 Å². The zero-order valence-electron chi connectivity index (χ0n) is 18.0. The maximum Gasteiger partial charge on any atom is 0.257 e. The summed E-state index contributed by atoms with van der Waals surface area (Å²) in [4.78, 5) is 22.7. The van der Waals surface area contributed by atoms with Crippen molar-refractivity contribution in [2.24, 2.45) is 0 Å². The van der Waals surface area contributed by atoms with Crippen LogP contribution in [0.15, 0.2) is 60.8 Å². The van der Waals surface area contributed by atoms with Crippen LogP contribution in [0.25, 0.3) is 10.9 Å². The normalized spacial score (nSPS) is 18.3. The van der Waals surface area contributed by atoms with Crippen molar-refractivity contribution < 1.29 is 4.79 Å². The summed E-state index contributed by atoms with van der Waals surface area (Å²) < 4.78 is 0. The van der Waals surface area contributed by atoms with Gasteiger partial charge in [0, 0.05) is 30.2 Å². The van der Waals surface area contributed by atoms with Gasteiger partial charge in [0.15, 0.2) is 0 Å². The molecule has 31 heavy (non-hydrogen) atoms. The maximum absolute atomic E-state index is 13.2. The first-order valence-corrected chi connectivity index (χ1v) is 11.5. The number of rotatable bonds is 4. The number of nitrogens with one attached hydrogen (secondary N) is 1. The summed E-state index contributed by atoms with van der Waals surface area (Å²) in [5.41, 5.74) is 3.41. The van der Waals surface area contributed by atoms with Crippen molar-refractivity contribution in [3.05, 3.63) is 66.4 Å². The molecule has 0 atom stereocenters. The van der Waals surface area contributed by atoms with Crippen LogP contribution in [0, 0.1) is 0 Å². The quantitative estimate of drug-likeness (QED) is 0.657. The Bertz CT molecular complexity index is 1050. The van der Waals surface area contributed by atoms with Crippen molar-refractivity contribution in [3.8, 4) is 0 Å². The van der Waals surface area contributed by atoms with Crippen molar-refractivity contribution in [3.63, 3.8) is 0 Å². The molecule has 2 aliphatic rings. The van der Waals surface area contributed by atoms with Gasteiger partial charge in [0.05, 0.1) is 23.0 Å². The average molecular weight is 415 g/mol. The number of benzene rings is 2. The molecule has 160 valence electrons.